The van der Waals surface area contributed by atoms with Crippen LogP contribution in [0.1, 0.15) is 33.6 Å². The summed E-state index contributed by atoms with van der Waals surface area (Å²) in [5.41, 5.74) is 7.50. The Labute approximate surface area is 296 Å². The molecule has 0 aliphatic rings. The van der Waals surface area contributed by atoms with Gasteiger partial charge in [-0.3, -0.25) is 19.9 Å². The van der Waals surface area contributed by atoms with Gasteiger partial charge in [0.15, 0.2) is 22.8 Å². The Morgan fingerprint density at radius 2 is 0.980 bits per heavy atom. The Morgan fingerprint density at radius 3 is 1.33 bits per heavy atom. The minimum atomic E-state index is -1.37. The first-order chi connectivity index (χ1) is 23.1. The van der Waals surface area contributed by atoms with Crippen molar-refractivity contribution < 1.29 is 28.1 Å². The summed E-state index contributed by atoms with van der Waals surface area (Å²) in [5, 5.41) is 0.734. The molecule has 6 heterocycles. The number of hydrogen-bond donors (Lipinski definition) is 2. The number of imidazole rings is 2. The van der Waals surface area contributed by atoms with Crippen LogP contribution >= 0.6 is 13.5 Å². The molecule has 6 aromatic heterocycles. The number of ether oxygens (including phenoxy) is 4. The van der Waals surface area contributed by atoms with Gasteiger partial charge in [0, 0.05) is 69.1 Å². The number of nitrogens with one attached hydrogen (secondary N) is 2. The number of H-pyrrole nitrogens is 2. The number of aryl methyl sites for hydroxylation is 2. The molecule has 2 atom stereocenters. The number of rotatable bonds is 10. The second-order valence-electron chi connectivity index (χ2n) is 10.6. The van der Waals surface area contributed by atoms with Gasteiger partial charge in [0.25, 0.3) is 0 Å². The number of nitrogens with zero attached hydrogens (tertiary/aromatic N) is 6. The van der Waals surface area contributed by atoms with Crippen molar-refractivity contribution in [2.45, 2.75) is 49.5 Å². The lowest BCUT2D eigenvalue weighted by Crippen LogP contribution is -2.10. The molecule has 17 heteroatoms. The van der Waals surface area contributed by atoms with Gasteiger partial charge < -0.3 is 28.1 Å². The van der Waals surface area contributed by atoms with Crippen LogP contribution in [0.5, 0.6) is 23.3 Å². The van der Waals surface area contributed by atoms with Gasteiger partial charge in [0.2, 0.25) is 11.8 Å². The van der Waals surface area contributed by atoms with Crippen molar-refractivity contribution in [3.63, 3.8) is 0 Å². The van der Waals surface area contributed by atoms with Crippen molar-refractivity contribution >= 4 is 58.2 Å². The molecule has 2 N–H and O–H groups in total. The predicted octanol–water partition coefficient (Wildman–Crippen LogP) is 4.70. The molecule has 2 unspecified atom stereocenters. The summed E-state index contributed by atoms with van der Waals surface area (Å²) in [6, 6.07) is 7.05. The quantitative estimate of drug-likeness (QED) is 0.185. The third-order valence-electron chi connectivity index (χ3n) is 7.48. The first-order valence-electron chi connectivity index (χ1n) is 14.6. The van der Waals surface area contributed by atoms with Crippen LogP contribution in [0.3, 0.4) is 0 Å². The first kappa shape index (κ1) is 37.5. The number of aromatic amines is 2. The van der Waals surface area contributed by atoms with E-state index in [9.17, 15) is 9.11 Å². The minimum absolute atomic E-state index is 0. The first-order valence-corrected chi connectivity index (χ1v) is 17.3. The molecule has 0 aliphatic carbocycles. The third kappa shape index (κ3) is 8.30. The maximum atomic E-state index is 12.7. The van der Waals surface area contributed by atoms with E-state index < -0.39 is 22.4 Å². The van der Waals surface area contributed by atoms with Crippen LogP contribution in [0.4, 0.5) is 0 Å². The molecule has 6 rings (SSSR count). The zero-order chi connectivity index (χ0) is 34.5. The molecule has 0 fully saturated rings. The topological polar surface area (TPSA) is 192 Å². The number of pyridine rings is 4. The van der Waals surface area contributed by atoms with E-state index in [0.29, 0.717) is 44.4 Å². The van der Waals surface area contributed by atoms with Crippen molar-refractivity contribution in [2.24, 2.45) is 0 Å². The smallest absolute Gasteiger partial charge is 0.323 e. The van der Waals surface area contributed by atoms with Gasteiger partial charge in [-0.1, -0.05) is 0 Å². The zero-order valence-corrected chi connectivity index (χ0v) is 31.0. The van der Waals surface area contributed by atoms with Crippen molar-refractivity contribution in [3.05, 3.63) is 70.3 Å². The third-order valence-corrected chi connectivity index (χ3v) is 9.80. The predicted molar refractivity (Wildman–Crippen MR) is 192 cm³/mol. The number of hydrogen-bond acceptors (Lipinski definition) is 12. The summed E-state index contributed by atoms with van der Waals surface area (Å²) in [6.07, 6.45) is 3.45. The van der Waals surface area contributed by atoms with Gasteiger partial charge in [0.05, 0.1) is 50.9 Å². The van der Waals surface area contributed by atoms with Gasteiger partial charge in [-0.15, -0.1) is 0 Å². The van der Waals surface area contributed by atoms with E-state index in [1.165, 1.54) is 0 Å². The largest absolute Gasteiger partial charge is 0.609 e. The van der Waals surface area contributed by atoms with Crippen LogP contribution in [-0.2, 0) is 33.9 Å². The summed E-state index contributed by atoms with van der Waals surface area (Å²) in [4.78, 5) is 31.9. The molecule has 0 aliphatic heterocycles. The molecule has 14 nitrogen and oxygen atoms in total. The lowest BCUT2D eigenvalue weighted by Gasteiger charge is -2.13. The van der Waals surface area contributed by atoms with Gasteiger partial charge >= 0.3 is 10.3 Å². The normalized spacial score (nSPS) is 12.1. The molecule has 0 saturated carbocycles. The molecule has 0 aromatic carbocycles. The number of fused-ring (bicyclic) bond motifs is 2. The van der Waals surface area contributed by atoms with Crippen molar-refractivity contribution in [3.8, 4) is 23.3 Å². The molecule has 0 radical (unpaired) electrons. The van der Waals surface area contributed by atoms with Crippen LogP contribution in [-0.4, -0.2) is 77.4 Å². The van der Waals surface area contributed by atoms with Crippen molar-refractivity contribution in [2.75, 3.05) is 28.4 Å². The summed E-state index contributed by atoms with van der Waals surface area (Å²) in [6.45, 7) is 7.68. The summed E-state index contributed by atoms with van der Waals surface area (Å²) in [5.74, 6) is 2.97. The van der Waals surface area contributed by atoms with Gasteiger partial charge in [-0.2, -0.15) is 33.4 Å². The van der Waals surface area contributed by atoms with Gasteiger partial charge in [0.1, 0.15) is 11.5 Å². The van der Waals surface area contributed by atoms with Gasteiger partial charge in [-0.25, -0.2) is 0 Å². The Bertz CT molecular complexity index is 1910. The van der Waals surface area contributed by atoms with E-state index in [-0.39, 0.29) is 25.0 Å². The maximum absolute atomic E-state index is 12.7. The van der Waals surface area contributed by atoms with Crippen LogP contribution in [0.25, 0.3) is 22.3 Å². The monoisotopic (exact) mass is 726 g/mol. The standard InChI is InChI=1S/2C16H18N4O3S.H2S/c2*1-9-7-17-12(10(2)14(9)23-4)8-24(21)16-18-11-5-6-13(22-3)19-15(11)20-16;/h2*5-7H,8H2,1-4H3,(H,18,19,20);1H2. The fraction of sp³-hybridized carbons (Fsp3) is 0.312. The SMILES string of the molecule is COc1ccc2[nH]c([S+]([O-])Cc3ncc(C)c(OC)c3C)nc2n1.COc1ccc2[nH]c([S+]([O-])Cc3ncc(C)c(OC)c3C)nc2n1.S. The van der Waals surface area contributed by atoms with E-state index in [1.807, 2.05) is 27.7 Å². The Balaban J connectivity index is 0.000000216. The van der Waals surface area contributed by atoms with Crippen LogP contribution < -0.4 is 18.9 Å². The van der Waals surface area contributed by atoms with Crippen LogP contribution in [0.2, 0.25) is 0 Å². The highest BCUT2D eigenvalue weighted by atomic mass is 32.2. The van der Waals surface area contributed by atoms with E-state index in [4.69, 9.17) is 18.9 Å². The molecule has 0 saturated heterocycles. The van der Waals surface area contributed by atoms with Gasteiger partial charge in [-0.05, 0) is 39.8 Å². The lowest BCUT2D eigenvalue weighted by molar-refractivity contribution is 0.399. The Morgan fingerprint density at radius 1 is 0.592 bits per heavy atom. The second-order valence-corrected chi connectivity index (χ2v) is 13.3. The molecule has 0 spiro atoms. The molecule has 49 heavy (non-hydrogen) atoms. The maximum Gasteiger partial charge on any atom is 0.323 e. The van der Waals surface area contributed by atoms with E-state index >= 15 is 0 Å². The summed E-state index contributed by atoms with van der Waals surface area (Å²) < 4.78 is 46.2. The van der Waals surface area contributed by atoms with Crippen LogP contribution in [0.15, 0.2) is 47.0 Å². The second kappa shape index (κ2) is 16.4. The molecule has 0 bridgehead atoms. The fourth-order valence-electron chi connectivity index (χ4n) is 4.97. The average molecular weight is 727 g/mol. The highest BCUT2D eigenvalue weighted by Gasteiger charge is 2.23. The Hall–Kier alpha value is -4.29. The van der Waals surface area contributed by atoms with Crippen molar-refractivity contribution in [1.29, 1.82) is 0 Å². The molecular weight excluding hydrogens is 689 g/mol. The van der Waals surface area contributed by atoms with Crippen LogP contribution in [0, 0.1) is 27.7 Å². The highest BCUT2D eigenvalue weighted by Crippen LogP contribution is 2.28. The zero-order valence-electron chi connectivity index (χ0n) is 28.3. The highest BCUT2D eigenvalue weighted by molar-refractivity contribution is 7.90. The van der Waals surface area contributed by atoms with E-state index in [0.717, 1.165) is 45.1 Å². The molecular formula is C32H38N8O6S3. The van der Waals surface area contributed by atoms with Crippen molar-refractivity contribution in [1.82, 2.24) is 39.9 Å². The average Bonchev–Trinajstić information content (AvgIpc) is 3.72. The Kier molecular flexibility index (Phi) is 12.6. The molecule has 0 amide bonds. The fourth-order valence-corrected chi connectivity index (χ4v) is 7.14. The van der Waals surface area contributed by atoms with E-state index in [2.05, 4.69) is 39.9 Å². The lowest BCUT2D eigenvalue weighted by atomic mass is 10.1. The molecule has 6 aromatic rings. The number of aromatic nitrogens is 8. The summed E-state index contributed by atoms with van der Waals surface area (Å²) in [7, 11) is 6.32. The van der Waals surface area contributed by atoms with E-state index in [1.54, 1.807) is 65.1 Å². The molecule has 260 valence electrons. The number of methoxy groups -OCH3 is 4. The minimum Gasteiger partial charge on any atom is -0.609 e. The summed E-state index contributed by atoms with van der Waals surface area (Å²) >= 11 is -2.74.